The Morgan fingerprint density at radius 1 is 1.15 bits per heavy atom. The molecule has 1 aromatic heterocycles. The Morgan fingerprint density at radius 2 is 1.85 bits per heavy atom. The first-order chi connectivity index (χ1) is 9.44. The summed E-state index contributed by atoms with van der Waals surface area (Å²) in [6.45, 7) is 4.16. The third-order valence-corrected chi connectivity index (χ3v) is 3.58. The smallest absolute Gasteiger partial charge is 0.166 e. The first kappa shape index (κ1) is 12.8. The van der Waals surface area contributed by atoms with Crippen LogP contribution in [0.1, 0.15) is 36.3 Å². The van der Waals surface area contributed by atoms with Gasteiger partial charge in [0.05, 0.1) is 11.3 Å². The Bertz CT molecular complexity index is 675. The zero-order valence-corrected chi connectivity index (χ0v) is 11.6. The number of hydrogen-bond donors (Lipinski definition) is 1. The third-order valence-electron chi connectivity index (χ3n) is 3.58. The highest BCUT2D eigenvalue weighted by Crippen LogP contribution is 2.34. The number of rotatable bonds is 1. The summed E-state index contributed by atoms with van der Waals surface area (Å²) in [5.74, 6) is 0.922. The molecule has 20 heavy (non-hydrogen) atoms. The zero-order valence-electron chi connectivity index (χ0n) is 11.6. The summed E-state index contributed by atoms with van der Waals surface area (Å²) >= 11 is 0. The second-order valence-electron chi connectivity index (χ2n) is 6.04. The number of phenols is 1. The van der Waals surface area contributed by atoms with Crippen molar-refractivity contribution >= 4 is 5.78 Å². The first-order valence-corrected chi connectivity index (χ1v) is 6.63. The van der Waals surface area contributed by atoms with Crippen LogP contribution < -0.4 is 0 Å². The average Bonchev–Trinajstić information content (AvgIpc) is 2.37. The minimum absolute atomic E-state index is 0.0509. The lowest BCUT2D eigenvalue weighted by atomic mass is 9.76. The maximum atomic E-state index is 12.1. The molecule has 0 spiro atoms. The normalized spacial score (nSPS) is 16.8. The van der Waals surface area contributed by atoms with Gasteiger partial charge in [0.2, 0.25) is 0 Å². The molecule has 0 saturated carbocycles. The molecule has 4 nitrogen and oxygen atoms in total. The van der Waals surface area contributed by atoms with E-state index in [4.69, 9.17) is 0 Å². The van der Waals surface area contributed by atoms with Crippen LogP contribution in [-0.4, -0.2) is 20.9 Å². The number of ketones is 1. The number of fused-ring (bicyclic) bond motifs is 1. The number of aromatic hydroxyl groups is 1. The highest BCUT2D eigenvalue weighted by Gasteiger charge is 2.32. The summed E-state index contributed by atoms with van der Waals surface area (Å²) in [4.78, 5) is 20.9. The largest absolute Gasteiger partial charge is 0.508 e. The fraction of sp³-hybridized carbons (Fsp3) is 0.312. The van der Waals surface area contributed by atoms with Crippen molar-refractivity contribution in [3.8, 4) is 17.1 Å². The standard InChI is InChI=1S/C16H16N2O2/c1-16(2)7-13-12(14(20)8-16)9-17-15(18-13)10-3-5-11(19)6-4-10/h3-6,9,19H,7-8H2,1-2H3. The number of carbonyl (C=O) groups excluding carboxylic acids is 1. The number of hydrogen-bond acceptors (Lipinski definition) is 4. The van der Waals surface area contributed by atoms with Crippen LogP contribution in [0.3, 0.4) is 0 Å². The predicted octanol–water partition coefficient (Wildman–Crippen LogP) is 3.00. The molecule has 1 aliphatic rings. The van der Waals surface area contributed by atoms with E-state index in [1.165, 1.54) is 0 Å². The second-order valence-corrected chi connectivity index (χ2v) is 6.04. The summed E-state index contributed by atoms with van der Waals surface area (Å²) < 4.78 is 0. The zero-order chi connectivity index (χ0) is 14.3. The quantitative estimate of drug-likeness (QED) is 0.863. The van der Waals surface area contributed by atoms with Gasteiger partial charge in [0.25, 0.3) is 0 Å². The summed E-state index contributed by atoms with van der Waals surface area (Å²) in [5, 5.41) is 9.31. The Balaban J connectivity index is 2.05. The summed E-state index contributed by atoms with van der Waals surface area (Å²) in [5.41, 5.74) is 2.25. The van der Waals surface area contributed by atoms with Gasteiger partial charge in [0.15, 0.2) is 11.6 Å². The van der Waals surface area contributed by atoms with Crippen molar-refractivity contribution in [1.82, 2.24) is 9.97 Å². The van der Waals surface area contributed by atoms with Gasteiger partial charge in [-0.1, -0.05) is 13.8 Å². The van der Waals surface area contributed by atoms with E-state index in [9.17, 15) is 9.90 Å². The summed E-state index contributed by atoms with van der Waals surface area (Å²) in [6, 6.07) is 6.75. The molecule has 1 N–H and O–H groups in total. The molecule has 0 atom stereocenters. The number of Topliss-reactive ketones (excluding diaryl/α,β-unsaturated/α-hetero) is 1. The highest BCUT2D eigenvalue weighted by molar-refractivity contribution is 5.98. The molecule has 2 aromatic rings. The van der Waals surface area contributed by atoms with Crippen molar-refractivity contribution in [2.75, 3.05) is 0 Å². The van der Waals surface area contributed by atoms with Gasteiger partial charge in [-0.2, -0.15) is 0 Å². The molecular formula is C16H16N2O2. The molecule has 1 aromatic carbocycles. The van der Waals surface area contributed by atoms with Gasteiger partial charge in [-0.05, 0) is 36.1 Å². The lowest BCUT2D eigenvalue weighted by molar-refractivity contribution is 0.0910. The minimum atomic E-state index is -0.0509. The third kappa shape index (κ3) is 2.29. The minimum Gasteiger partial charge on any atom is -0.508 e. The molecule has 3 rings (SSSR count). The van der Waals surface area contributed by atoms with Crippen molar-refractivity contribution in [3.05, 3.63) is 41.7 Å². The van der Waals surface area contributed by atoms with Gasteiger partial charge < -0.3 is 5.11 Å². The van der Waals surface area contributed by atoms with Crippen LogP contribution in [0, 0.1) is 5.41 Å². The van der Waals surface area contributed by atoms with E-state index < -0.39 is 0 Å². The van der Waals surface area contributed by atoms with Crippen molar-refractivity contribution < 1.29 is 9.90 Å². The molecule has 0 amide bonds. The Labute approximate surface area is 117 Å². The van der Waals surface area contributed by atoms with Gasteiger partial charge >= 0.3 is 0 Å². The number of phenolic OH excluding ortho intramolecular Hbond substituents is 1. The van der Waals surface area contributed by atoms with Gasteiger partial charge in [0.1, 0.15) is 5.75 Å². The van der Waals surface area contributed by atoms with E-state index in [-0.39, 0.29) is 16.9 Å². The van der Waals surface area contributed by atoms with Crippen molar-refractivity contribution in [1.29, 1.82) is 0 Å². The van der Waals surface area contributed by atoms with Crippen LogP contribution in [0.2, 0.25) is 0 Å². The molecule has 1 heterocycles. The first-order valence-electron chi connectivity index (χ1n) is 6.63. The fourth-order valence-electron chi connectivity index (χ4n) is 2.58. The molecule has 0 fully saturated rings. The van der Waals surface area contributed by atoms with Crippen LogP contribution in [0.15, 0.2) is 30.5 Å². The predicted molar refractivity (Wildman–Crippen MR) is 75.6 cm³/mol. The maximum Gasteiger partial charge on any atom is 0.166 e. The van der Waals surface area contributed by atoms with Crippen LogP contribution in [-0.2, 0) is 6.42 Å². The van der Waals surface area contributed by atoms with E-state index >= 15 is 0 Å². The molecule has 4 heteroatoms. The van der Waals surface area contributed by atoms with E-state index in [1.807, 2.05) is 0 Å². The van der Waals surface area contributed by atoms with Crippen LogP contribution in [0.4, 0.5) is 0 Å². The lowest BCUT2D eigenvalue weighted by Crippen LogP contribution is -2.28. The molecular weight excluding hydrogens is 252 g/mol. The molecule has 102 valence electrons. The Hall–Kier alpha value is -2.23. The van der Waals surface area contributed by atoms with Gasteiger partial charge in [-0.3, -0.25) is 4.79 Å². The maximum absolute atomic E-state index is 12.1. The van der Waals surface area contributed by atoms with E-state index in [2.05, 4.69) is 23.8 Å². The SMILES string of the molecule is CC1(C)CC(=O)c2cnc(-c3ccc(O)cc3)nc2C1. The lowest BCUT2D eigenvalue weighted by Gasteiger charge is -2.29. The fourth-order valence-corrected chi connectivity index (χ4v) is 2.58. The Morgan fingerprint density at radius 3 is 2.55 bits per heavy atom. The average molecular weight is 268 g/mol. The van der Waals surface area contributed by atoms with E-state index in [0.29, 0.717) is 17.8 Å². The topological polar surface area (TPSA) is 63.1 Å². The van der Waals surface area contributed by atoms with Crippen molar-refractivity contribution in [2.24, 2.45) is 5.41 Å². The number of aromatic nitrogens is 2. The van der Waals surface area contributed by atoms with Gasteiger partial charge in [-0.15, -0.1) is 0 Å². The number of benzene rings is 1. The molecule has 0 aliphatic heterocycles. The van der Waals surface area contributed by atoms with Crippen LogP contribution >= 0.6 is 0 Å². The molecule has 0 saturated heterocycles. The molecule has 0 bridgehead atoms. The van der Waals surface area contributed by atoms with E-state index in [0.717, 1.165) is 17.7 Å². The highest BCUT2D eigenvalue weighted by atomic mass is 16.3. The molecule has 0 radical (unpaired) electrons. The second kappa shape index (κ2) is 4.40. The summed E-state index contributed by atoms with van der Waals surface area (Å²) in [6.07, 6.45) is 2.95. The number of nitrogens with zero attached hydrogens (tertiary/aromatic N) is 2. The molecule has 1 aliphatic carbocycles. The van der Waals surface area contributed by atoms with Crippen molar-refractivity contribution in [2.45, 2.75) is 26.7 Å². The summed E-state index contributed by atoms with van der Waals surface area (Å²) in [7, 11) is 0. The number of carbonyl (C=O) groups is 1. The van der Waals surface area contributed by atoms with Crippen LogP contribution in [0.5, 0.6) is 5.75 Å². The monoisotopic (exact) mass is 268 g/mol. The van der Waals surface area contributed by atoms with E-state index in [1.54, 1.807) is 30.5 Å². The van der Waals surface area contributed by atoms with Gasteiger partial charge in [0, 0.05) is 18.2 Å². The van der Waals surface area contributed by atoms with Crippen LogP contribution in [0.25, 0.3) is 11.4 Å². The Kier molecular flexibility index (Phi) is 2.82. The van der Waals surface area contributed by atoms with Gasteiger partial charge in [-0.25, -0.2) is 9.97 Å². The molecule has 0 unspecified atom stereocenters. The van der Waals surface area contributed by atoms with Crippen molar-refractivity contribution in [3.63, 3.8) is 0 Å².